The molecule has 118 valence electrons. The Balaban J connectivity index is 2.17. The lowest BCUT2D eigenvalue weighted by Gasteiger charge is -2.27. The van der Waals surface area contributed by atoms with E-state index in [0.29, 0.717) is 6.04 Å². The highest BCUT2D eigenvalue weighted by molar-refractivity contribution is 6.33. The van der Waals surface area contributed by atoms with E-state index in [1.807, 2.05) is 6.07 Å². The monoisotopic (exact) mass is 308 g/mol. The van der Waals surface area contributed by atoms with Crippen molar-refractivity contribution in [2.45, 2.75) is 59.0 Å². The largest absolute Gasteiger partial charge is 0.370 e. The van der Waals surface area contributed by atoms with Crippen molar-refractivity contribution in [3.05, 3.63) is 28.8 Å². The molecule has 1 N–H and O–H groups in total. The summed E-state index contributed by atoms with van der Waals surface area (Å²) in [5, 5.41) is 4.42. The standard InChI is InChI=1S/C18H29ClN2/c1-4-15-7-6-11-21(12-10-15)18-16(13-20-14(2)3)8-5-9-17(18)19/h5,8-9,14-15,20H,4,6-7,10-13H2,1-3H3. The first kappa shape index (κ1) is 16.6. The minimum Gasteiger partial charge on any atom is -0.370 e. The topological polar surface area (TPSA) is 15.3 Å². The zero-order chi connectivity index (χ0) is 15.2. The molecule has 2 nitrogen and oxygen atoms in total. The molecule has 1 aromatic rings. The van der Waals surface area contributed by atoms with Crippen LogP contribution in [0.1, 0.15) is 52.0 Å². The van der Waals surface area contributed by atoms with Gasteiger partial charge in [0.2, 0.25) is 0 Å². The van der Waals surface area contributed by atoms with Gasteiger partial charge in [-0.2, -0.15) is 0 Å². The molecule has 0 radical (unpaired) electrons. The van der Waals surface area contributed by atoms with Gasteiger partial charge in [0.25, 0.3) is 0 Å². The predicted octanol–water partition coefficient (Wildman–Crippen LogP) is 4.85. The Bertz CT molecular complexity index is 445. The highest BCUT2D eigenvalue weighted by Crippen LogP contribution is 2.33. The molecule has 3 heteroatoms. The SMILES string of the molecule is CCC1CCCN(c2c(Cl)cccc2CNC(C)C)CC1. The number of anilines is 1. The summed E-state index contributed by atoms with van der Waals surface area (Å²) >= 11 is 6.53. The second-order valence-electron chi connectivity index (χ2n) is 6.48. The van der Waals surface area contributed by atoms with Crippen LogP contribution in [0.4, 0.5) is 5.69 Å². The lowest BCUT2D eigenvalue weighted by molar-refractivity contribution is 0.459. The summed E-state index contributed by atoms with van der Waals surface area (Å²) in [7, 11) is 0. The number of para-hydroxylation sites is 1. The predicted molar refractivity (Wildman–Crippen MR) is 93.3 cm³/mol. The van der Waals surface area contributed by atoms with Crippen LogP contribution < -0.4 is 10.2 Å². The maximum atomic E-state index is 6.53. The van der Waals surface area contributed by atoms with Gasteiger partial charge in [0.05, 0.1) is 10.7 Å². The van der Waals surface area contributed by atoms with E-state index in [4.69, 9.17) is 11.6 Å². The minimum atomic E-state index is 0.491. The molecule has 21 heavy (non-hydrogen) atoms. The van der Waals surface area contributed by atoms with Gasteiger partial charge in [-0.05, 0) is 36.8 Å². The van der Waals surface area contributed by atoms with E-state index < -0.39 is 0 Å². The lowest BCUT2D eigenvalue weighted by atomic mass is 9.98. The summed E-state index contributed by atoms with van der Waals surface area (Å²) in [5.41, 5.74) is 2.58. The van der Waals surface area contributed by atoms with Gasteiger partial charge in [-0.1, -0.05) is 50.9 Å². The van der Waals surface area contributed by atoms with Gasteiger partial charge >= 0.3 is 0 Å². The fourth-order valence-electron chi connectivity index (χ4n) is 3.17. The molecule has 1 aromatic carbocycles. The number of rotatable bonds is 5. The van der Waals surface area contributed by atoms with E-state index in [1.165, 1.54) is 36.9 Å². The van der Waals surface area contributed by atoms with Gasteiger partial charge in [-0.3, -0.25) is 0 Å². The number of nitrogens with one attached hydrogen (secondary N) is 1. The summed E-state index contributed by atoms with van der Waals surface area (Å²) in [6.07, 6.45) is 5.23. The Morgan fingerprint density at radius 1 is 1.29 bits per heavy atom. The van der Waals surface area contributed by atoms with Crippen molar-refractivity contribution in [3.8, 4) is 0 Å². The minimum absolute atomic E-state index is 0.491. The molecule has 1 saturated heterocycles. The van der Waals surface area contributed by atoms with Crippen LogP contribution in [-0.4, -0.2) is 19.1 Å². The molecule has 0 aliphatic carbocycles. The fourth-order valence-corrected chi connectivity index (χ4v) is 3.48. The normalized spacial score (nSPS) is 19.9. The Morgan fingerprint density at radius 2 is 2.10 bits per heavy atom. The fraction of sp³-hybridized carbons (Fsp3) is 0.667. The van der Waals surface area contributed by atoms with Crippen molar-refractivity contribution < 1.29 is 0 Å². The second-order valence-corrected chi connectivity index (χ2v) is 6.88. The molecular formula is C18H29ClN2. The van der Waals surface area contributed by atoms with E-state index in [-0.39, 0.29) is 0 Å². The molecule has 1 heterocycles. The van der Waals surface area contributed by atoms with Crippen molar-refractivity contribution in [1.29, 1.82) is 0 Å². The van der Waals surface area contributed by atoms with Crippen LogP contribution in [0.2, 0.25) is 5.02 Å². The summed E-state index contributed by atoms with van der Waals surface area (Å²) in [6, 6.07) is 6.79. The highest BCUT2D eigenvalue weighted by Gasteiger charge is 2.20. The Kier molecular flexibility index (Phi) is 6.38. The van der Waals surface area contributed by atoms with Crippen LogP contribution in [0.5, 0.6) is 0 Å². The van der Waals surface area contributed by atoms with Crippen LogP contribution in [0.15, 0.2) is 18.2 Å². The van der Waals surface area contributed by atoms with Crippen molar-refractivity contribution in [2.75, 3.05) is 18.0 Å². The molecule has 0 spiro atoms. The maximum absolute atomic E-state index is 6.53. The van der Waals surface area contributed by atoms with Gasteiger partial charge < -0.3 is 10.2 Å². The number of nitrogens with zero attached hydrogens (tertiary/aromatic N) is 1. The van der Waals surface area contributed by atoms with Gasteiger partial charge in [0.15, 0.2) is 0 Å². The van der Waals surface area contributed by atoms with Gasteiger partial charge in [0, 0.05) is 25.7 Å². The number of hydrogen-bond donors (Lipinski definition) is 1. The smallest absolute Gasteiger partial charge is 0.0642 e. The van der Waals surface area contributed by atoms with Crippen LogP contribution in [0.25, 0.3) is 0 Å². The molecule has 1 aliphatic heterocycles. The van der Waals surface area contributed by atoms with E-state index in [1.54, 1.807) is 0 Å². The molecular weight excluding hydrogens is 280 g/mol. The van der Waals surface area contributed by atoms with Gasteiger partial charge in [0.1, 0.15) is 0 Å². The summed E-state index contributed by atoms with van der Waals surface area (Å²) in [6.45, 7) is 9.84. The first-order valence-electron chi connectivity index (χ1n) is 8.37. The second kappa shape index (κ2) is 8.05. The molecule has 1 aliphatic rings. The summed E-state index contributed by atoms with van der Waals surface area (Å²) in [5.74, 6) is 0.884. The van der Waals surface area contributed by atoms with Crippen LogP contribution in [0, 0.1) is 5.92 Å². The molecule has 1 unspecified atom stereocenters. The van der Waals surface area contributed by atoms with Crippen LogP contribution in [-0.2, 0) is 6.54 Å². The van der Waals surface area contributed by atoms with E-state index in [0.717, 1.165) is 30.6 Å². The molecule has 0 aromatic heterocycles. The van der Waals surface area contributed by atoms with E-state index in [2.05, 4.69) is 43.1 Å². The number of halogens is 1. The lowest BCUT2D eigenvalue weighted by Crippen LogP contribution is -2.28. The van der Waals surface area contributed by atoms with Crippen molar-refractivity contribution in [2.24, 2.45) is 5.92 Å². The Labute approximate surface area is 134 Å². The van der Waals surface area contributed by atoms with Crippen molar-refractivity contribution in [1.82, 2.24) is 5.32 Å². The number of benzene rings is 1. The zero-order valence-electron chi connectivity index (χ0n) is 13.7. The van der Waals surface area contributed by atoms with Crippen molar-refractivity contribution in [3.63, 3.8) is 0 Å². The summed E-state index contributed by atoms with van der Waals surface area (Å²) in [4.78, 5) is 2.51. The van der Waals surface area contributed by atoms with Crippen LogP contribution in [0.3, 0.4) is 0 Å². The van der Waals surface area contributed by atoms with Gasteiger partial charge in [-0.15, -0.1) is 0 Å². The molecule has 2 rings (SSSR count). The quantitative estimate of drug-likeness (QED) is 0.836. The molecule has 0 amide bonds. The number of hydrogen-bond acceptors (Lipinski definition) is 2. The first-order chi connectivity index (χ1) is 10.1. The first-order valence-corrected chi connectivity index (χ1v) is 8.75. The third-order valence-electron chi connectivity index (χ3n) is 4.51. The summed E-state index contributed by atoms with van der Waals surface area (Å²) < 4.78 is 0. The zero-order valence-corrected chi connectivity index (χ0v) is 14.4. The maximum Gasteiger partial charge on any atom is 0.0642 e. The van der Waals surface area contributed by atoms with Crippen LogP contribution >= 0.6 is 11.6 Å². The van der Waals surface area contributed by atoms with E-state index in [9.17, 15) is 0 Å². The van der Waals surface area contributed by atoms with Crippen molar-refractivity contribution >= 4 is 17.3 Å². The van der Waals surface area contributed by atoms with E-state index >= 15 is 0 Å². The third kappa shape index (κ3) is 4.62. The molecule has 0 bridgehead atoms. The van der Waals surface area contributed by atoms with Gasteiger partial charge in [-0.25, -0.2) is 0 Å². The Morgan fingerprint density at radius 3 is 2.81 bits per heavy atom. The molecule has 0 saturated carbocycles. The third-order valence-corrected chi connectivity index (χ3v) is 4.82. The molecule has 1 fully saturated rings. The average Bonchev–Trinajstić information content (AvgIpc) is 2.70. The molecule has 1 atom stereocenters. The average molecular weight is 309 g/mol. The Hall–Kier alpha value is -0.730. The highest BCUT2D eigenvalue weighted by atomic mass is 35.5.